The standard InChI is InChI=1S/C13H16O4/c1-7-6-8(2)10-4-5-13(16,12(14)15)17-11(10)9(7)3/h6,16H,4-5H2,1-3H3,(H,14,15). The first-order valence-corrected chi connectivity index (χ1v) is 5.59. The third-order valence-electron chi connectivity index (χ3n) is 3.43. The topological polar surface area (TPSA) is 66.8 Å². The molecular weight excluding hydrogens is 220 g/mol. The maximum Gasteiger partial charge on any atom is 0.377 e. The number of fused-ring (bicyclic) bond motifs is 1. The zero-order valence-corrected chi connectivity index (χ0v) is 10.2. The smallest absolute Gasteiger partial charge is 0.377 e. The molecule has 0 fully saturated rings. The number of carboxylic acid groups (broad SMARTS) is 1. The van der Waals surface area contributed by atoms with Gasteiger partial charge in [0.2, 0.25) is 0 Å². The maximum absolute atomic E-state index is 11.0. The fourth-order valence-corrected chi connectivity index (χ4v) is 2.22. The van der Waals surface area contributed by atoms with E-state index in [1.54, 1.807) is 0 Å². The molecule has 1 unspecified atom stereocenters. The van der Waals surface area contributed by atoms with Crippen LogP contribution >= 0.6 is 0 Å². The molecule has 2 N–H and O–H groups in total. The molecule has 1 aromatic rings. The molecule has 0 aromatic heterocycles. The number of carbonyl (C=O) groups is 1. The van der Waals surface area contributed by atoms with Gasteiger partial charge < -0.3 is 14.9 Å². The monoisotopic (exact) mass is 236 g/mol. The highest BCUT2D eigenvalue weighted by Gasteiger charge is 2.42. The van der Waals surface area contributed by atoms with Gasteiger partial charge in [-0.15, -0.1) is 0 Å². The van der Waals surface area contributed by atoms with E-state index in [9.17, 15) is 9.90 Å². The summed E-state index contributed by atoms with van der Waals surface area (Å²) in [5.41, 5.74) is 4.01. The third-order valence-corrected chi connectivity index (χ3v) is 3.43. The molecule has 1 aliphatic heterocycles. The molecule has 92 valence electrons. The van der Waals surface area contributed by atoms with Crippen LogP contribution in [0.1, 0.15) is 28.7 Å². The van der Waals surface area contributed by atoms with E-state index in [-0.39, 0.29) is 6.42 Å². The summed E-state index contributed by atoms with van der Waals surface area (Å²) in [7, 11) is 0. The average molecular weight is 236 g/mol. The summed E-state index contributed by atoms with van der Waals surface area (Å²) in [6, 6.07) is 2.06. The number of aliphatic hydroxyl groups is 1. The second kappa shape index (κ2) is 3.74. The lowest BCUT2D eigenvalue weighted by molar-refractivity contribution is -0.198. The Balaban J connectivity index is 2.54. The molecule has 17 heavy (non-hydrogen) atoms. The van der Waals surface area contributed by atoms with Crippen LogP contribution in [0.5, 0.6) is 5.75 Å². The van der Waals surface area contributed by atoms with E-state index in [0.717, 1.165) is 22.3 Å². The summed E-state index contributed by atoms with van der Waals surface area (Å²) < 4.78 is 5.33. The summed E-state index contributed by atoms with van der Waals surface area (Å²) in [4.78, 5) is 11.0. The molecule has 0 aliphatic carbocycles. The van der Waals surface area contributed by atoms with Crippen LogP contribution in [-0.4, -0.2) is 22.0 Å². The number of aryl methyl sites for hydroxylation is 2. The summed E-state index contributed by atoms with van der Waals surface area (Å²) in [5, 5.41) is 18.9. The third kappa shape index (κ3) is 1.78. The van der Waals surface area contributed by atoms with Crippen molar-refractivity contribution >= 4 is 5.97 Å². The van der Waals surface area contributed by atoms with Gasteiger partial charge in [0.05, 0.1) is 0 Å². The Morgan fingerprint density at radius 3 is 2.59 bits per heavy atom. The first kappa shape index (κ1) is 11.9. The number of ether oxygens (including phenoxy) is 1. The molecule has 0 spiro atoms. The number of carboxylic acids is 1. The van der Waals surface area contributed by atoms with Gasteiger partial charge >= 0.3 is 11.8 Å². The zero-order valence-electron chi connectivity index (χ0n) is 10.2. The van der Waals surface area contributed by atoms with Crippen molar-refractivity contribution in [3.8, 4) is 5.75 Å². The van der Waals surface area contributed by atoms with Crippen molar-refractivity contribution in [1.82, 2.24) is 0 Å². The Bertz CT molecular complexity index is 493. The highest BCUT2D eigenvalue weighted by molar-refractivity contribution is 5.76. The van der Waals surface area contributed by atoms with E-state index < -0.39 is 11.8 Å². The normalized spacial score (nSPS) is 22.8. The summed E-state index contributed by atoms with van der Waals surface area (Å²) in [5.74, 6) is -2.89. The van der Waals surface area contributed by atoms with Crippen molar-refractivity contribution in [3.63, 3.8) is 0 Å². The SMILES string of the molecule is Cc1cc(C)c2c(c1C)OC(O)(C(=O)O)CC2. The lowest BCUT2D eigenvalue weighted by Crippen LogP contribution is -2.47. The van der Waals surface area contributed by atoms with Crippen molar-refractivity contribution in [2.24, 2.45) is 0 Å². The lowest BCUT2D eigenvalue weighted by atomic mass is 9.91. The minimum Gasteiger partial charge on any atom is -0.476 e. The molecule has 1 heterocycles. The van der Waals surface area contributed by atoms with Gasteiger partial charge in [-0.1, -0.05) is 6.07 Å². The van der Waals surface area contributed by atoms with Gasteiger partial charge in [0, 0.05) is 6.42 Å². The average Bonchev–Trinajstić information content (AvgIpc) is 2.25. The quantitative estimate of drug-likeness (QED) is 0.779. The molecule has 4 heteroatoms. The number of aliphatic carboxylic acids is 1. The molecule has 0 radical (unpaired) electrons. The fourth-order valence-electron chi connectivity index (χ4n) is 2.22. The van der Waals surface area contributed by atoms with Crippen LogP contribution in [0.2, 0.25) is 0 Å². The molecule has 1 aliphatic rings. The molecule has 0 bridgehead atoms. The second-order valence-corrected chi connectivity index (χ2v) is 4.63. The molecule has 1 atom stereocenters. The van der Waals surface area contributed by atoms with E-state index in [2.05, 4.69) is 6.07 Å². The van der Waals surface area contributed by atoms with E-state index >= 15 is 0 Å². The van der Waals surface area contributed by atoms with E-state index in [1.165, 1.54) is 0 Å². The number of hydrogen-bond acceptors (Lipinski definition) is 3. The van der Waals surface area contributed by atoms with Crippen molar-refractivity contribution in [2.45, 2.75) is 39.4 Å². The maximum atomic E-state index is 11.0. The Kier molecular flexibility index (Phi) is 2.62. The van der Waals surface area contributed by atoms with Crippen molar-refractivity contribution in [2.75, 3.05) is 0 Å². The minimum atomic E-state index is -2.09. The van der Waals surface area contributed by atoms with Crippen molar-refractivity contribution in [3.05, 3.63) is 28.3 Å². The molecule has 0 amide bonds. The number of benzene rings is 1. The van der Waals surface area contributed by atoms with Gasteiger partial charge in [-0.2, -0.15) is 0 Å². The molecular formula is C13H16O4. The molecule has 1 aromatic carbocycles. The summed E-state index contributed by atoms with van der Waals surface area (Å²) >= 11 is 0. The number of rotatable bonds is 1. The van der Waals surface area contributed by atoms with Crippen molar-refractivity contribution in [1.29, 1.82) is 0 Å². The van der Waals surface area contributed by atoms with Gasteiger partial charge in [0.15, 0.2) is 0 Å². The predicted octanol–water partition coefficient (Wildman–Crippen LogP) is 1.71. The van der Waals surface area contributed by atoms with E-state index in [4.69, 9.17) is 9.84 Å². The first-order valence-electron chi connectivity index (χ1n) is 5.59. The molecule has 0 saturated heterocycles. The molecule has 0 saturated carbocycles. The largest absolute Gasteiger partial charge is 0.476 e. The van der Waals surface area contributed by atoms with Crippen LogP contribution in [0.4, 0.5) is 0 Å². The molecule has 2 rings (SSSR count). The minimum absolute atomic E-state index is 0.0820. The van der Waals surface area contributed by atoms with Gasteiger partial charge in [-0.3, -0.25) is 0 Å². The highest BCUT2D eigenvalue weighted by Crippen LogP contribution is 2.38. The van der Waals surface area contributed by atoms with E-state index in [0.29, 0.717) is 12.2 Å². The summed E-state index contributed by atoms with van der Waals surface area (Å²) in [6.45, 7) is 5.79. The molecule has 4 nitrogen and oxygen atoms in total. The Labute approximate surface area is 99.8 Å². The summed E-state index contributed by atoms with van der Waals surface area (Å²) in [6.07, 6.45) is 0.601. The number of hydrogen-bond donors (Lipinski definition) is 2. The van der Waals surface area contributed by atoms with Gasteiger partial charge in [0.25, 0.3) is 0 Å². The van der Waals surface area contributed by atoms with Crippen LogP contribution < -0.4 is 4.74 Å². The Morgan fingerprint density at radius 1 is 1.35 bits per heavy atom. The Hall–Kier alpha value is -1.55. The second-order valence-electron chi connectivity index (χ2n) is 4.63. The Morgan fingerprint density at radius 2 is 2.00 bits per heavy atom. The van der Waals surface area contributed by atoms with Gasteiger partial charge in [0.1, 0.15) is 5.75 Å². The van der Waals surface area contributed by atoms with Crippen LogP contribution in [0, 0.1) is 20.8 Å². The predicted molar refractivity (Wildman–Crippen MR) is 62.2 cm³/mol. The lowest BCUT2D eigenvalue weighted by Gasteiger charge is -2.32. The van der Waals surface area contributed by atoms with Crippen LogP contribution in [0.25, 0.3) is 0 Å². The van der Waals surface area contributed by atoms with Crippen LogP contribution in [0.3, 0.4) is 0 Å². The van der Waals surface area contributed by atoms with E-state index in [1.807, 2.05) is 20.8 Å². The fraction of sp³-hybridized carbons (Fsp3) is 0.462. The van der Waals surface area contributed by atoms with Gasteiger partial charge in [-0.25, -0.2) is 4.79 Å². The highest BCUT2D eigenvalue weighted by atomic mass is 16.6. The van der Waals surface area contributed by atoms with Gasteiger partial charge in [-0.05, 0) is 49.4 Å². The van der Waals surface area contributed by atoms with Crippen molar-refractivity contribution < 1.29 is 19.7 Å². The first-order chi connectivity index (χ1) is 7.85. The van der Waals surface area contributed by atoms with Crippen LogP contribution in [0.15, 0.2) is 6.07 Å². The zero-order chi connectivity index (χ0) is 12.8. The van der Waals surface area contributed by atoms with Crippen LogP contribution in [-0.2, 0) is 11.2 Å².